The second kappa shape index (κ2) is 7.17. The number of rotatable bonds is 8. The third-order valence-electron chi connectivity index (χ3n) is 3.61. The SMILES string of the molecule is CCCC(C)(NC(CC)c1cccc([N+](=O)[O-])c1)C(=O)O. The van der Waals surface area contributed by atoms with Gasteiger partial charge in [-0.1, -0.05) is 32.4 Å². The molecule has 1 aromatic carbocycles. The number of carboxylic acids is 1. The Morgan fingerprint density at radius 2 is 2.14 bits per heavy atom. The van der Waals surface area contributed by atoms with E-state index < -0.39 is 16.4 Å². The first-order valence-electron chi connectivity index (χ1n) is 7.09. The number of nitrogens with one attached hydrogen (secondary N) is 1. The summed E-state index contributed by atoms with van der Waals surface area (Å²) < 4.78 is 0. The summed E-state index contributed by atoms with van der Waals surface area (Å²) in [4.78, 5) is 21.9. The molecule has 0 bridgehead atoms. The molecule has 1 aromatic rings. The Kier molecular flexibility index (Phi) is 5.84. The van der Waals surface area contributed by atoms with Gasteiger partial charge in [0.2, 0.25) is 0 Å². The molecule has 2 N–H and O–H groups in total. The summed E-state index contributed by atoms with van der Waals surface area (Å²) in [7, 11) is 0. The zero-order chi connectivity index (χ0) is 16.0. The number of nitro groups is 1. The number of carboxylic acid groups (broad SMARTS) is 1. The third kappa shape index (κ3) is 4.26. The summed E-state index contributed by atoms with van der Waals surface area (Å²) in [6.45, 7) is 5.50. The van der Waals surface area contributed by atoms with E-state index in [1.807, 2.05) is 13.8 Å². The van der Waals surface area contributed by atoms with Crippen LogP contribution in [0.4, 0.5) is 5.69 Å². The van der Waals surface area contributed by atoms with E-state index in [1.54, 1.807) is 19.1 Å². The highest BCUT2D eigenvalue weighted by Gasteiger charge is 2.34. The Morgan fingerprint density at radius 1 is 1.48 bits per heavy atom. The van der Waals surface area contributed by atoms with Gasteiger partial charge in [-0.2, -0.15) is 0 Å². The van der Waals surface area contributed by atoms with Gasteiger partial charge >= 0.3 is 5.97 Å². The Labute approximate surface area is 124 Å². The van der Waals surface area contributed by atoms with Gasteiger partial charge in [-0.3, -0.25) is 20.2 Å². The molecular formula is C15H22N2O4. The van der Waals surface area contributed by atoms with Gasteiger partial charge < -0.3 is 5.11 Å². The minimum Gasteiger partial charge on any atom is -0.480 e. The van der Waals surface area contributed by atoms with Crippen molar-refractivity contribution in [3.8, 4) is 0 Å². The Morgan fingerprint density at radius 3 is 2.62 bits per heavy atom. The molecule has 1 rings (SSSR count). The lowest BCUT2D eigenvalue weighted by molar-refractivity contribution is -0.384. The fourth-order valence-corrected chi connectivity index (χ4v) is 2.40. The largest absolute Gasteiger partial charge is 0.480 e. The molecule has 0 heterocycles. The first kappa shape index (κ1) is 17.1. The van der Waals surface area contributed by atoms with E-state index in [9.17, 15) is 20.0 Å². The monoisotopic (exact) mass is 294 g/mol. The van der Waals surface area contributed by atoms with Crippen LogP contribution in [-0.4, -0.2) is 21.5 Å². The zero-order valence-corrected chi connectivity index (χ0v) is 12.6. The van der Waals surface area contributed by atoms with Crippen LogP contribution in [0.1, 0.15) is 51.6 Å². The van der Waals surface area contributed by atoms with Gasteiger partial charge in [-0.05, 0) is 25.3 Å². The molecule has 6 nitrogen and oxygen atoms in total. The number of aliphatic carboxylic acids is 1. The molecule has 0 aliphatic heterocycles. The number of nitro benzene ring substituents is 1. The third-order valence-corrected chi connectivity index (χ3v) is 3.61. The van der Waals surface area contributed by atoms with E-state index in [1.165, 1.54) is 12.1 Å². The maximum absolute atomic E-state index is 11.5. The van der Waals surface area contributed by atoms with Crippen molar-refractivity contribution in [3.63, 3.8) is 0 Å². The fourth-order valence-electron chi connectivity index (χ4n) is 2.40. The molecule has 0 radical (unpaired) electrons. The average Bonchev–Trinajstić information content (AvgIpc) is 2.45. The molecule has 21 heavy (non-hydrogen) atoms. The predicted molar refractivity (Wildman–Crippen MR) is 80.2 cm³/mol. The van der Waals surface area contributed by atoms with Crippen LogP contribution in [0, 0.1) is 10.1 Å². The number of benzene rings is 1. The van der Waals surface area contributed by atoms with Crippen LogP contribution in [0.25, 0.3) is 0 Å². The second-order valence-corrected chi connectivity index (χ2v) is 5.34. The minimum atomic E-state index is -1.04. The van der Waals surface area contributed by atoms with Crippen LogP contribution in [0.2, 0.25) is 0 Å². The molecule has 116 valence electrons. The maximum Gasteiger partial charge on any atom is 0.323 e. The normalized spacial score (nSPS) is 15.2. The van der Waals surface area contributed by atoms with E-state index in [-0.39, 0.29) is 11.7 Å². The van der Waals surface area contributed by atoms with Crippen LogP contribution in [0.3, 0.4) is 0 Å². The molecule has 0 fully saturated rings. The summed E-state index contributed by atoms with van der Waals surface area (Å²) >= 11 is 0. The first-order valence-corrected chi connectivity index (χ1v) is 7.09. The zero-order valence-electron chi connectivity index (χ0n) is 12.6. The van der Waals surface area contributed by atoms with Crippen molar-refractivity contribution in [2.75, 3.05) is 0 Å². The van der Waals surface area contributed by atoms with Crippen LogP contribution in [0.15, 0.2) is 24.3 Å². The van der Waals surface area contributed by atoms with Crippen molar-refractivity contribution in [1.82, 2.24) is 5.32 Å². The van der Waals surface area contributed by atoms with Gasteiger partial charge in [0, 0.05) is 18.2 Å². The lowest BCUT2D eigenvalue weighted by Crippen LogP contribution is -2.50. The van der Waals surface area contributed by atoms with E-state index >= 15 is 0 Å². The van der Waals surface area contributed by atoms with Crippen molar-refractivity contribution < 1.29 is 14.8 Å². The number of hydrogen-bond donors (Lipinski definition) is 2. The summed E-state index contributed by atoms with van der Waals surface area (Å²) in [5.41, 5.74) is -0.296. The molecule has 0 spiro atoms. The summed E-state index contributed by atoms with van der Waals surface area (Å²) in [6.07, 6.45) is 1.88. The van der Waals surface area contributed by atoms with Crippen molar-refractivity contribution >= 4 is 11.7 Å². The molecule has 2 atom stereocenters. The fraction of sp³-hybridized carbons (Fsp3) is 0.533. The van der Waals surface area contributed by atoms with Crippen molar-refractivity contribution in [2.45, 2.75) is 51.6 Å². The highest BCUT2D eigenvalue weighted by atomic mass is 16.6. The lowest BCUT2D eigenvalue weighted by Gasteiger charge is -2.31. The van der Waals surface area contributed by atoms with E-state index in [0.29, 0.717) is 12.8 Å². The molecule has 0 amide bonds. The molecule has 2 unspecified atom stereocenters. The van der Waals surface area contributed by atoms with Gasteiger partial charge in [-0.15, -0.1) is 0 Å². The average molecular weight is 294 g/mol. The summed E-state index contributed by atoms with van der Waals surface area (Å²) in [6, 6.07) is 6.09. The maximum atomic E-state index is 11.5. The Balaban J connectivity index is 3.04. The predicted octanol–water partition coefficient (Wildman–Crippen LogP) is 3.28. The summed E-state index contributed by atoms with van der Waals surface area (Å²) in [5.74, 6) is -0.909. The molecule has 0 aliphatic rings. The molecular weight excluding hydrogens is 272 g/mol. The number of non-ortho nitro benzene ring substituents is 1. The minimum absolute atomic E-state index is 0.0141. The van der Waals surface area contributed by atoms with Gasteiger partial charge in [-0.25, -0.2) is 0 Å². The van der Waals surface area contributed by atoms with E-state index in [2.05, 4.69) is 5.32 Å². The lowest BCUT2D eigenvalue weighted by atomic mass is 9.92. The molecule has 0 aliphatic carbocycles. The molecule has 0 saturated carbocycles. The number of nitrogens with zero attached hydrogens (tertiary/aromatic N) is 1. The number of hydrogen-bond acceptors (Lipinski definition) is 4. The van der Waals surface area contributed by atoms with Crippen LogP contribution in [0.5, 0.6) is 0 Å². The number of carbonyl (C=O) groups is 1. The second-order valence-electron chi connectivity index (χ2n) is 5.34. The van der Waals surface area contributed by atoms with Crippen molar-refractivity contribution in [1.29, 1.82) is 0 Å². The van der Waals surface area contributed by atoms with E-state index in [0.717, 1.165) is 12.0 Å². The van der Waals surface area contributed by atoms with Gasteiger partial charge in [0.15, 0.2) is 0 Å². The van der Waals surface area contributed by atoms with E-state index in [4.69, 9.17) is 0 Å². The highest BCUT2D eigenvalue weighted by molar-refractivity contribution is 5.78. The first-order chi connectivity index (χ1) is 9.84. The molecule has 0 saturated heterocycles. The van der Waals surface area contributed by atoms with Crippen LogP contribution in [-0.2, 0) is 4.79 Å². The Bertz CT molecular complexity index is 518. The smallest absolute Gasteiger partial charge is 0.323 e. The molecule has 0 aromatic heterocycles. The van der Waals surface area contributed by atoms with Gasteiger partial charge in [0.05, 0.1) is 4.92 Å². The molecule has 6 heteroatoms. The Hall–Kier alpha value is -1.95. The van der Waals surface area contributed by atoms with Crippen LogP contribution >= 0.6 is 0 Å². The van der Waals surface area contributed by atoms with Crippen molar-refractivity contribution in [2.24, 2.45) is 0 Å². The van der Waals surface area contributed by atoms with Crippen LogP contribution < -0.4 is 5.32 Å². The van der Waals surface area contributed by atoms with Gasteiger partial charge in [0.25, 0.3) is 5.69 Å². The summed E-state index contributed by atoms with van der Waals surface area (Å²) in [5, 5.41) is 23.4. The highest BCUT2D eigenvalue weighted by Crippen LogP contribution is 2.25. The van der Waals surface area contributed by atoms with Gasteiger partial charge in [0.1, 0.15) is 5.54 Å². The quantitative estimate of drug-likeness (QED) is 0.567. The van der Waals surface area contributed by atoms with Crippen molar-refractivity contribution in [3.05, 3.63) is 39.9 Å². The topological polar surface area (TPSA) is 92.5 Å². The standard InChI is InChI=1S/C15H22N2O4/c1-4-9-15(3,14(18)19)16-13(5-2)11-7-6-8-12(10-11)17(20)21/h6-8,10,13,16H,4-5,9H2,1-3H3,(H,18,19).